The van der Waals surface area contributed by atoms with Gasteiger partial charge in [-0.3, -0.25) is 14.4 Å². The minimum atomic E-state index is -2.52. The first-order valence-electron chi connectivity index (χ1n) is 20.4. The van der Waals surface area contributed by atoms with Crippen LogP contribution in [0.4, 0.5) is 0 Å². The number of piperidine rings is 1. The van der Waals surface area contributed by atoms with Gasteiger partial charge in [-0.15, -0.1) is 6.58 Å². The molecule has 0 spiro atoms. The van der Waals surface area contributed by atoms with E-state index in [9.17, 15) is 34.5 Å². The number of rotatable bonds is 7. The number of hydrogen-bond acceptors (Lipinski definition) is 11. The Morgan fingerprint density at radius 1 is 1.00 bits per heavy atom. The number of ether oxygens (including phenoxy) is 4. The van der Waals surface area contributed by atoms with Gasteiger partial charge in [0.1, 0.15) is 12.1 Å². The molecular weight excluding hydrogens is 718 g/mol. The smallest absolute Gasteiger partial charge is 0.329 e. The summed E-state index contributed by atoms with van der Waals surface area (Å²) < 4.78 is 22.9. The number of nitrogens with zero attached hydrogens (tertiary/aromatic N) is 1. The molecule has 3 N–H and O–H groups in total. The number of allylic oxidation sites excluding steroid dienone is 5. The molecule has 0 aromatic rings. The second-order valence-corrected chi connectivity index (χ2v) is 16.6. The zero-order valence-corrected chi connectivity index (χ0v) is 35.0. The highest BCUT2D eigenvalue weighted by Crippen LogP contribution is 2.33. The molecule has 0 aromatic heterocycles. The number of esters is 1. The fourth-order valence-electron chi connectivity index (χ4n) is 8.72. The van der Waals surface area contributed by atoms with Crippen molar-refractivity contribution in [2.45, 2.75) is 148 Å². The summed E-state index contributed by atoms with van der Waals surface area (Å²) in [4.78, 5) is 57.0. The van der Waals surface area contributed by atoms with E-state index in [0.29, 0.717) is 51.4 Å². The monoisotopic (exact) mass is 787 g/mol. The van der Waals surface area contributed by atoms with Crippen molar-refractivity contribution in [2.24, 2.45) is 29.6 Å². The van der Waals surface area contributed by atoms with Crippen molar-refractivity contribution in [3.05, 3.63) is 48.1 Å². The molecule has 0 bridgehead atoms. The van der Waals surface area contributed by atoms with Gasteiger partial charge in [0.05, 0.1) is 24.4 Å². The van der Waals surface area contributed by atoms with E-state index in [-0.39, 0.29) is 49.5 Å². The van der Waals surface area contributed by atoms with Gasteiger partial charge in [0.2, 0.25) is 5.79 Å². The molecule has 12 nitrogen and oxygen atoms in total. The Kier molecular flexibility index (Phi) is 18.8. The highest BCUT2D eigenvalue weighted by molar-refractivity contribution is 6.39. The largest absolute Gasteiger partial charge is 0.456 e. The van der Waals surface area contributed by atoms with Gasteiger partial charge >= 0.3 is 5.97 Å². The molecule has 56 heavy (non-hydrogen) atoms. The molecule has 0 aromatic carbocycles. The van der Waals surface area contributed by atoms with Crippen LogP contribution in [0.25, 0.3) is 0 Å². The van der Waals surface area contributed by atoms with Gasteiger partial charge in [0, 0.05) is 45.6 Å². The summed E-state index contributed by atoms with van der Waals surface area (Å²) in [6.07, 6.45) is 11.1. The molecule has 1 unspecified atom stereocenters. The Hall–Kier alpha value is -3.00. The molecule has 3 aliphatic rings. The summed E-state index contributed by atoms with van der Waals surface area (Å²) in [6.45, 7) is 13.3. The molecule has 0 radical (unpaired) electrons. The summed E-state index contributed by atoms with van der Waals surface area (Å²) in [6, 6.07) is -1.09. The summed E-state index contributed by atoms with van der Waals surface area (Å²) in [5.41, 5.74) is 1.75. The zero-order valence-electron chi connectivity index (χ0n) is 35.0. The van der Waals surface area contributed by atoms with Gasteiger partial charge in [-0.05, 0) is 108 Å². The first-order chi connectivity index (χ1) is 26.5. The van der Waals surface area contributed by atoms with Crippen LogP contribution in [-0.4, -0.2) is 114 Å². The number of amides is 1. The van der Waals surface area contributed by atoms with Crippen molar-refractivity contribution >= 4 is 23.4 Å². The minimum absolute atomic E-state index is 0.0452. The normalized spacial score (nSPS) is 38.6. The Morgan fingerprint density at radius 2 is 1.71 bits per heavy atom. The van der Waals surface area contributed by atoms with Crippen LogP contribution in [0.5, 0.6) is 0 Å². The first kappa shape index (κ1) is 47.4. The number of carbonyl (C=O) groups is 4. The van der Waals surface area contributed by atoms with Crippen LogP contribution < -0.4 is 0 Å². The molecule has 2 aliphatic heterocycles. The summed E-state index contributed by atoms with van der Waals surface area (Å²) >= 11 is 0. The van der Waals surface area contributed by atoms with Crippen molar-refractivity contribution in [1.29, 1.82) is 0 Å². The second-order valence-electron chi connectivity index (χ2n) is 16.6. The average Bonchev–Trinajstić information content (AvgIpc) is 3.17. The molecular formula is C44H69NO11. The van der Waals surface area contributed by atoms with Crippen LogP contribution in [0, 0.1) is 29.6 Å². The molecule has 2 fully saturated rings. The Bertz CT molecular complexity index is 1440. The topological polar surface area (TPSA) is 169 Å². The van der Waals surface area contributed by atoms with Crippen LogP contribution in [0.3, 0.4) is 0 Å². The number of methoxy groups -OCH3 is 3. The molecule has 1 amide bonds. The lowest BCUT2D eigenvalue weighted by Gasteiger charge is -2.38. The molecule has 1 saturated carbocycles. The zero-order chi connectivity index (χ0) is 41.7. The van der Waals surface area contributed by atoms with E-state index in [1.807, 2.05) is 39.8 Å². The molecule has 2 heterocycles. The Balaban J connectivity index is 2.08. The van der Waals surface area contributed by atoms with Crippen molar-refractivity contribution < 1.29 is 53.4 Å². The quantitative estimate of drug-likeness (QED) is 0.130. The van der Waals surface area contributed by atoms with Crippen LogP contribution in [0.1, 0.15) is 105 Å². The number of carbonyl (C=O) groups excluding carboxylic acids is 4. The van der Waals surface area contributed by atoms with Crippen LogP contribution in [-0.2, 0) is 38.1 Å². The van der Waals surface area contributed by atoms with Gasteiger partial charge in [-0.2, -0.15) is 0 Å². The predicted molar refractivity (Wildman–Crippen MR) is 213 cm³/mol. The fraction of sp³-hybridized carbons (Fsp3) is 0.727. The SMILES string of the molecule is C=CCC1/C=C(\C)C[C@H](C)C[C@H](O)C[C@@H](OC)C[C@@H](C)[C@@](O)(OC)C(=O)C(=O)N2CCCC[C@H]2C(=O)O[C@H](/C(C)=C/[C@@H]2CC[C@@H](O)[C@H](OC)C2)[C@H](C)/C=C/C1=O. The van der Waals surface area contributed by atoms with Gasteiger partial charge in [-0.25, -0.2) is 4.79 Å². The van der Waals surface area contributed by atoms with E-state index in [2.05, 4.69) is 6.58 Å². The maximum Gasteiger partial charge on any atom is 0.329 e. The molecule has 316 valence electrons. The van der Waals surface area contributed by atoms with Crippen molar-refractivity contribution in [3.8, 4) is 0 Å². The number of cyclic esters (lactones) is 1. The number of aliphatic hydroxyl groups is 3. The molecule has 1 aliphatic carbocycles. The summed E-state index contributed by atoms with van der Waals surface area (Å²) in [5.74, 6) is -7.29. The van der Waals surface area contributed by atoms with E-state index in [1.165, 1.54) is 18.1 Å². The molecule has 12 heteroatoms. The highest BCUT2D eigenvalue weighted by atomic mass is 16.6. The maximum atomic E-state index is 14.2. The van der Waals surface area contributed by atoms with Crippen LogP contribution in [0.2, 0.25) is 0 Å². The van der Waals surface area contributed by atoms with E-state index < -0.39 is 71.7 Å². The number of Topliss-reactive ketones (excluding diaryl/α,β-unsaturated/α-hetero) is 1. The first-order valence-corrected chi connectivity index (χ1v) is 20.4. The number of aliphatic hydroxyl groups excluding tert-OH is 2. The van der Waals surface area contributed by atoms with Crippen molar-refractivity contribution in [1.82, 2.24) is 4.90 Å². The Labute approximate surface area is 334 Å². The highest BCUT2D eigenvalue weighted by Gasteiger charge is 2.50. The van der Waals surface area contributed by atoms with Gasteiger partial charge in [0.25, 0.3) is 11.7 Å². The molecule has 1 saturated heterocycles. The lowest BCUT2D eigenvalue weighted by Crippen LogP contribution is -2.58. The Morgan fingerprint density at radius 3 is 2.36 bits per heavy atom. The van der Waals surface area contributed by atoms with E-state index >= 15 is 0 Å². The van der Waals surface area contributed by atoms with Gasteiger partial charge in [-0.1, -0.05) is 50.6 Å². The van der Waals surface area contributed by atoms with E-state index in [4.69, 9.17) is 18.9 Å². The third-order valence-corrected chi connectivity index (χ3v) is 12.0. The number of ketones is 2. The molecule has 12 atom stereocenters. The predicted octanol–water partition coefficient (Wildman–Crippen LogP) is 5.43. The third kappa shape index (κ3) is 12.8. The van der Waals surface area contributed by atoms with Crippen LogP contribution in [0.15, 0.2) is 48.1 Å². The second kappa shape index (κ2) is 22.2. The van der Waals surface area contributed by atoms with E-state index in [0.717, 1.165) is 18.3 Å². The number of fused-ring (bicyclic) bond motifs is 1. The minimum Gasteiger partial charge on any atom is -0.456 e. The lowest BCUT2D eigenvalue weighted by molar-refractivity contribution is -0.220. The fourth-order valence-corrected chi connectivity index (χ4v) is 8.72. The standard InChI is InChI=1S/C44H69NO11/c1-10-13-33-21-27(2)20-28(3)22-34(46)26-35(53-7)24-31(6)44(52,55-9)41(49)42(50)45-19-12-11-14-36(45)43(51)56-40(29(4)15-17-37(33)47)30(5)23-32-16-18-38(48)39(25-32)54-8/h10,15,17,21,23,28-29,31-36,38-40,46,48,52H,1,11-14,16,18-20,22,24-26H2,2-9H3/b17-15+,27-21+,30-23+/t28-,29+,31+,32-,33?,34-,35-,36-,38+,39+,40-,44+/m0/s1. The molecule has 3 rings (SSSR count). The maximum absolute atomic E-state index is 14.2. The lowest BCUT2D eigenvalue weighted by atomic mass is 9.83. The van der Waals surface area contributed by atoms with E-state index in [1.54, 1.807) is 26.2 Å². The van der Waals surface area contributed by atoms with Gasteiger partial charge in [0.15, 0.2) is 5.78 Å². The van der Waals surface area contributed by atoms with Gasteiger partial charge < -0.3 is 39.2 Å². The summed E-state index contributed by atoms with van der Waals surface area (Å²) in [5, 5.41) is 33.1. The average molecular weight is 788 g/mol. The van der Waals surface area contributed by atoms with Crippen LogP contribution >= 0.6 is 0 Å². The third-order valence-electron chi connectivity index (χ3n) is 12.0. The number of hydrogen-bond donors (Lipinski definition) is 3. The van der Waals surface area contributed by atoms with Crippen molar-refractivity contribution in [2.75, 3.05) is 27.9 Å². The summed E-state index contributed by atoms with van der Waals surface area (Å²) in [7, 11) is 4.22. The van der Waals surface area contributed by atoms with Crippen molar-refractivity contribution in [3.63, 3.8) is 0 Å².